The van der Waals surface area contributed by atoms with Gasteiger partial charge in [0.15, 0.2) is 6.10 Å². The van der Waals surface area contributed by atoms with Gasteiger partial charge < -0.3 is 19.7 Å². The average Bonchev–Trinajstić information content (AvgIpc) is 2.70. The van der Waals surface area contributed by atoms with E-state index >= 15 is 0 Å². The van der Waals surface area contributed by atoms with Gasteiger partial charge in [0, 0.05) is 26.2 Å². The number of morpholine rings is 1. The van der Waals surface area contributed by atoms with Gasteiger partial charge in [0.25, 0.3) is 11.6 Å². The van der Waals surface area contributed by atoms with Crippen LogP contribution >= 0.6 is 0 Å². The monoisotopic (exact) mass is 458 g/mol. The summed E-state index contributed by atoms with van der Waals surface area (Å²) < 4.78 is 37.4. The quantitative estimate of drug-likeness (QED) is 0.321. The maximum Gasteiger partial charge on any atom is 0.321 e. The number of nitrogens with zero attached hydrogens (tertiary/aromatic N) is 2. The van der Waals surface area contributed by atoms with E-state index in [1.165, 1.54) is 31.0 Å². The number of benzene rings is 1. The van der Waals surface area contributed by atoms with Crippen LogP contribution in [0.1, 0.15) is 20.8 Å². The van der Waals surface area contributed by atoms with E-state index in [0.717, 1.165) is 6.07 Å². The minimum absolute atomic E-state index is 0.141. The molecule has 0 radical (unpaired) electrons. The molecule has 2 N–H and O–H groups in total. The standard InChI is InChI=1S/C18H26N4O8S/c1-11-9-21(10-12(2)29-11)18(24)13(3)30-17(23)8-20-31(27,28)14-5-6-15(19-4)16(7-14)22(25)26/h5-7,11-13,19-20H,8-10H2,1-4H3. The number of hydrogen-bond donors (Lipinski definition) is 2. The lowest BCUT2D eigenvalue weighted by Crippen LogP contribution is -2.51. The zero-order valence-corrected chi connectivity index (χ0v) is 18.5. The number of rotatable bonds is 8. The Labute approximate surface area is 180 Å². The molecule has 3 atom stereocenters. The number of amides is 1. The van der Waals surface area contributed by atoms with E-state index in [0.29, 0.717) is 13.1 Å². The Morgan fingerprint density at radius 1 is 1.32 bits per heavy atom. The van der Waals surface area contributed by atoms with E-state index in [1.54, 1.807) is 0 Å². The molecule has 1 aliphatic heterocycles. The summed E-state index contributed by atoms with van der Waals surface area (Å²) in [6.45, 7) is 5.04. The molecule has 0 bridgehead atoms. The number of nitro benzene ring substituents is 1. The van der Waals surface area contributed by atoms with Crippen molar-refractivity contribution in [3.05, 3.63) is 28.3 Å². The molecule has 1 heterocycles. The molecule has 1 saturated heterocycles. The third-order valence-corrected chi connectivity index (χ3v) is 5.94. The highest BCUT2D eigenvalue weighted by Crippen LogP contribution is 2.27. The van der Waals surface area contributed by atoms with Crippen molar-refractivity contribution in [2.75, 3.05) is 32.0 Å². The zero-order chi connectivity index (χ0) is 23.3. The normalized spacial score (nSPS) is 20.1. The van der Waals surface area contributed by atoms with Gasteiger partial charge in [-0.15, -0.1) is 0 Å². The first-order valence-corrected chi connectivity index (χ1v) is 11.0. The molecule has 1 aromatic carbocycles. The first kappa shape index (κ1) is 24.5. The van der Waals surface area contributed by atoms with Crippen LogP contribution in [0.15, 0.2) is 23.1 Å². The van der Waals surface area contributed by atoms with Crippen molar-refractivity contribution in [3.8, 4) is 0 Å². The molecule has 1 aromatic rings. The molecule has 1 aliphatic rings. The number of carbonyl (C=O) groups is 2. The van der Waals surface area contributed by atoms with Crippen molar-refractivity contribution >= 4 is 33.3 Å². The molecule has 1 amide bonds. The van der Waals surface area contributed by atoms with Crippen LogP contribution in [0.3, 0.4) is 0 Å². The third-order valence-electron chi connectivity index (χ3n) is 4.54. The minimum atomic E-state index is -4.22. The van der Waals surface area contributed by atoms with Gasteiger partial charge in [-0.25, -0.2) is 8.42 Å². The maximum absolute atomic E-state index is 12.5. The van der Waals surface area contributed by atoms with Crippen LogP contribution in [0.2, 0.25) is 0 Å². The fourth-order valence-electron chi connectivity index (χ4n) is 3.18. The summed E-state index contributed by atoms with van der Waals surface area (Å²) in [5, 5.41) is 13.7. The van der Waals surface area contributed by atoms with Crippen LogP contribution in [0.4, 0.5) is 11.4 Å². The van der Waals surface area contributed by atoms with Gasteiger partial charge in [-0.1, -0.05) is 0 Å². The molecule has 1 fully saturated rings. The molecule has 13 heteroatoms. The van der Waals surface area contributed by atoms with Crippen molar-refractivity contribution in [2.45, 2.75) is 44.0 Å². The Bertz CT molecular complexity index is 942. The molecule has 0 saturated carbocycles. The van der Waals surface area contributed by atoms with Gasteiger partial charge in [0.2, 0.25) is 10.0 Å². The number of carbonyl (C=O) groups excluding carboxylic acids is 2. The van der Waals surface area contributed by atoms with E-state index in [-0.39, 0.29) is 22.8 Å². The number of nitro groups is 1. The second-order valence-corrected chi connectivity index (χ2v) is 8.91. The lowest BCUT2D eigenvalue weighted by atomic mass is 10.2. The first-order chi connectivity index (χ1) is 14.4. The highest BCUT2D eigenvalue weighted by Gasteiger charge is 2.30. The van der Waals surface area contributed by atoms with Crippen LogP contribution in [-0.4, -0.2) is 75.1 Å². The SMILES string of the molecule is CNc1ccc(S(=O)(=O)NCC(=O)OC(C)C(=O)N2CC(C)OC(C)C2)cc1[N+](=O)[O-]. The summed E-state index contributed by atoms with van der Waals surface area (Å²) in [7, 11) is -2.76. The number of hydrogen-bond acceptors (Lipinski definition) is 9. The Balaban J connectivity index is 1.97. The van der Waals surface area contributed by atoms with Crippen molar-refractivity contribution in [1.29, 1.82) is 0 Å². The zero-order valence-electron chi connectivity index (χ0n) is 17.7. The van der Waals surface area contributed by atoms with E-state index in [1.807, 2.05) is 18.6 Å². The predicted octanol–water partition coefficient (Wildman–Crippen LogP) is 0.482. The summed E-state index contributed by atoms with van der Waals surface area (Å²) in [4.78, 5) is 36.1. The van der Waals surface area contributed by atoms with E-state index in [2.05, 4.69) is 5.32 Å². The summed E-state index contributed by atoms with van der Waals surface area (Å²) in [6, 6.07) is 3.29. The summed E-state index contributed by atoms with van der Waals surface area (Å²) in [6.07, 6.45) is -1.41. The number of sulfonamides is 1. The van der Waals surface area contributed by atoms with Crippen LogP contribution in [0, 0.1) is 10.1 Å². The predicted molar refractivity (Wildman–Crippen MR) is 110 cm³/mol. The lowest BCUT2D eigenvalue weighted by molar-refractivity contribution is -0.384. The van der Waals surface area contributed by atoms with Crippen molar-refractivity contribution in [2.24, 2.45) is 0 Å². The van der Waals surface area contributed by atoms with Gasteiger partial charge >= 0.3 is 5.97 Å². The minimum Gasteiger partial charge on any atom is -0.452 e. The van der Waals surface area contributed by atoms with Crippen molar-refractivity contribution in [3.63, 3.8) is 0 Å². The topological polar surface area (TPSA) is 157 Å². The number of esters is 1. The third kappa shape index (κ3) is 6.35. The van der Waals surface area contributed by atoms with Gasteiger partial charge in [-0.2, -0.15) is 4.72 Å². The second-order valence-electron chi connectivity index (χ2n) is 7.14. The van der Waals surface area contributed by atoms with Crippen LogP contribution in [0.25, 0.3) is 0 Å². The molecular weight excluding hydrogens is 432 g/mol. The highest BCUT2D eigenvalue weighted by atomic mass is 32.2. The van der Waals surface area contributed by atoms with E-state index in [9.17, 15) is 28.1 Å². The largest absolute Gasteiger partial charge is 0.452 e. The molecule has 3 unspecified atom stereocenters. The smallest absolute Gasteiger partial charge is 0.321 e. The first-order valence-electron chi connectivity index (χ1n) is 9.54. The van der Waals surface area contributed by atoms with Crippen LogP contribution in [0.5, 0.6) is 0 Å². The van der Waals surface area contributed by atoms with E-state index < -0.39 is 45.2 Å². The number of anilines is 1. The molecule has 2 rings (SSSR count). The average molecular weight is 458 g/mol. The molecule has 12 nitrogen and oxygen atoms in total. The summed E-state index contributed by atoms with van der Waals surface area (Å²) >= 11 is 0. The summed E-state index contributed by atoms with van der Waals surface area (Å²) in [5.74, 6) is -1.36. The molecular formula is C18H26N4O8S. The van der Waals surface area contributed by atoms with Gasteiger partial charge in [-0.3, -0.25) is 19.7 Å². The Kier molecular flexibility index (Phi) is 7.92. The molecule has 0 spiro atoms. The number of nitrogens with one attached hydrogen (secondary N) is 2. The Morgan fingerprint density at radius 2 is 1.94 bits per heavy atom. The highest BCUT2D eigenvalue weighted by molar-refractivity contribution is 7.89. The van der Waals surface area contributed by atoms with Crippen LogP contribution < -0.4 is 10.0 Å². The molecule has 172 valence electrons. The fraction of sp³-hybridized carbons (Fsp3) is 0.556. The van der Waals surface area contributed by atoms with Crippen molar-refractivity contribution < 1.29 is 32.4 Å². The Hall–Kier alpha value is -2.77. The fourth-order valence-corrected chi connectivity index (χ4v) is 4.17. The van der Waals surface area contributed by atoms with Gasteiger partial charge in [-0.05, 0) is 32.9 Å². The second kappa shape index (κ2) is 10.0. The number of ether oxygens (including phenoxy) is 2. The van der Waals surface area contributed by atoms with Gasteiger partial charge in [0.05, 0.1) is 22.0 Å². The van der Waals surface area contributed by atoms with E-state index in [4.69, 9.17) is 9.47 Å². The lowest BCUT2D eigenvalue weighted by Gasteiger charge is -2.36. The van der Waals surface area contributed by atoms with Crippen LogP contribution in [-0.2, 0) is 29.1 Å². The van der Waals surface area contributed by atoms with Gasteiger partial charge in [0.1, 0.15) is 12.2 Å². The van der Waals surface area contributed by atoms with Crippen molar-refractivity contribution in [1.82, 2.24) is 9.62 Å². The summed E-state index contributed by atoms with van der Waals surface area (Å²) in [5.41, 5.74) is -0.288. The Morgan fingerprint density at radius 3 is 2.48 bits per heavy atom. The molecule has 31 heavy (non-hydrogen) atoms. The maximum atomic E-state index is 12.5. The molecule has 0 aromatic heterocycles. The molecule has 0 aliphatic carbocycles.